The van der Waals surface area contributed by atoms with E-state index in [1.165, 1.54) is 11.3 Å². The summed E-state index contributed by atoms with van der Waals surface area (Å²) in [6, 6.07) is 0. The van der Waals surface area contributed by atoms with Gasteiger partial charge in [0.25, 0.3) is 0 Å². The van der Waals surface area contributed by atoms with Gasteiger partial charge < -0.3 is 8.99 Å². The fraction of sp³-hybridized carbons (Fsp3) is 0.400. The zero-order valence-electron chi connectivity index (χ0n) is 5.67. The van der Waals surface area contributed by atoms with Gasteiger partial charge in [0, 0.05) is 5.69 Å². The highest BCUT2D eigenvalue weighted by atomic mass is 32.2. The number of aryl methyl sites for hydroxylation is 2. The van der Waals surface area contributed by atoms with Crippen molar-refractivity contribution in [3.8, 4) is 0 Å². The molecule has 0 radical (unpaired) electrons. The molecule has 10 heavy (non-hydrogen) atoms. The minimum atomic E-state index is -1.61. The van der Waals surface area contributed by atoms with E-state index in [2.05, 4.69) is 4.98 Å². The van der Waals surface area contributed by atoms with E-state index in [4.69, 9.17) is 4.78 Å². The molecule has 0 fully saturated rings. The number of rotatable bonds is 1. The topological polar surface area (TPSA) is 53.8 Å². The third-order valence-corrected chi connectivity index (χ3v) is 3.23. The van der Waals surface area contributed by atoms with Crippen LogP contribution in [0.15, 0.2) is 4.21 Å². The first-order chi connectivity index (χ1) is 4.61. The molecule has 0 saturated carbocycles. The predicted octanol–water partition coefficient (Wildman–Crippen LogP) is 1.85. The summed E-state index contributed by atoms with van der Waals surface area (Å²) >= 11 is 1.32. The third kappa shape index (κ3) is 1.35. The van der Waals surface area contributed by atoms with E-state index < -0.39 is 10.6 Å². The van der Waals surface area contributed by atoms with Gasteiger partial charge in [-0.05, 0) is 18.1 Å². The van der Waals surface area contributed by atoms with Crippen LogP contribution in [0.1, 0.15) is 10.7 Å². The van der Waals surface area contributed by atoms with Crippen LogP contribution in [0.4, 0.5) is 0 Å². The van der Waals surface area contributed by atoms with Crippen molar-refractivity contribution in [1.29, 1.82) is 4.78 Å². The average molecular weight is 175 g/mol. The molecule has 0 spiro atoms. The summed E-state index contributed by atoms with van der Waals surface area (Å²) in [5, 5.41) is 0.869. The molecule has 0 aliphatic carbocycles. The Bertz CT molecular complexity index is 305. The van der Waals surface area contributed by atoms with E-state index in [1.54, 1.807) is 6.92 Å². The van der Waals surface area contributed by atoms with Crippen molar-refractivity contribution in [2.45, 2.75) is 18.1 Å². The lowest BCUT2D eigenvalue weighted by atomic mass is 10.6. The van der Waals surface area contributed by atoms with E-state index in [0.29, 0.717) is 4.21 Å². The van der Waals surface area contributed by atoms with Gasteiger partial charge in [-0.1, -0.05) is 0 Å². The van der Waals surface area contributed by atoms with Crippen LogP contribution in [0.25, 0.3) is 0 Å². The second kappa shape index (κ2) is 2.67. The van der Waals surface area contributed by atoms with E-state index in [-0.39, 0.29) is 0 Å². The monoisotopic (exact) mass is 175 g/mol. The average Bonchev–Trinajstić information content (AvgIpc) is 2.10. The minimum absolute atomic E-state index is 0.567. The van der Waals surface area contributed by atoms with Gasteiger partial charge in [0.15, 0.2) is 0 Å². The molecule has 0 amide bonds. The molecule has 1 aromatic heterocycles. The van der Waals surface area contributed by atoms with E-state index in [0.717, 1.165) is 10.7 Å². The Morgan fingerprint density at radius 1 is 1.60 bits per heavy atom. The summed E-state index contributed by atoms with van der Waals surface area (Å²) in [4.78, 5) is 4.04. The molecular weight excluding hydrogens is 168 g/mol. The summed E-state index contributed by atoms with van der Waals surface area (Å²) in [6.45, 7) is 3.61. The van der Waals surface area contributed by atoms with Gasteiger partial charge in [-0.25, -0.2) is 4.98 Å². The molecule has 0 saturated heterocycles. The smallest absolute Gasteiger partial charge is 0.0882 e. The lowest BCUT2D eigenvalue weighted by Gasteiger charge is -1.93. The number of aromatic nitrogens is 1. The van der Waals surface area contributed by atoms with Crippen LogP contribution in [0.3, 0.4) is 0 Å². The van der Waals surface area contributed by atoms with Crippen molar-refractivity contribution in [3.05, 3.63) is 10.7 Å². The minimum Gasteiger partial charge on any atom is -0.439 e. The van der Waals surface area contributed by atoms with Gasteiger partial charge in [0.05, 0.1) is 5.01 Å². The van der Waals surface area contributed by atoms with Gasteiger partial charge in [0.1, 0.15) is 0 Å². The molecule has 1 aromatic rings. The van der Waals surface area contributed by atoms with Crippen molar-refractivity contribution in [1.82, 2.24) is 4.98 Å². The first kappa shape index (κ1) is 7.68. The molecule has 0 aliphatic heterocycles. The van der Waals surface area contributed by atoms with Crippen molar-refractivity contribution >= 4 is 21.9 Å². The molecule has 0 aliphatic rings. The highest BCUT2D eigenvalue weighted by molar-refractivity contribution is 7.76. The van der Waals surface area contributed by atoms with Crippen molar-refractivity contribution in [2.75, 3.05) is 0 Å². The Balaban J connectivity index is 3.28. The van der Waals surface area contributed by atoms with Crippen molar-refractivity contribution < 1.29 is 4.21 Å². The molecule has 56 valence electrons. The number of thiazole rings is 1. The van der Waals surface area contributed by atoms with E-state index in [9.17, 15) is 4.21 Å². The number of nitrogens with one attached hydrogen (secondary N) is 1. The molecule has 3 nitrogen and oxygen atoms in total. The summed E-state index contributed by atoms with van der Waals surface area (Å²) in [5.74, 6) is 0. The molecular formula is C5H7N2OS2-. The first-order valence-corrected chi connectivity index (χ1v) is 4.65. The molecule has 5 heteroatoms. The predicted molar refractivity (Wildman–Crippen MR) is 40.6 cm³/mol. The number of hydrogen-bond acceptors (Lipinski definition) is 5. The Kier molecular flexibility index (Phi) is 2.05. The quantitative estimate of drug-likeness (QED) is 0.662. The number of nitrogens with zero attached hydrogens (tertiary/aromatic N) is 1. The maximum absolute atomic E-state index is 10.6. The van der Waals surface area contributed by atoms with Gasteiger partial charge in [-0.15, -0.1) is 11.3 Å². The molecule has 1 heterocycles. The standard InChI is InChI=1S/C5H7N2OS2/c1-3-5(10(6)8)9-4(2)7-3/h6H,1-2H3/q-1. The fourth-order valence-corrected chi connectivity index (χ4v) is 2.31. The molecule has 1 rings (SSSR count). The van der Waals surface area contributed by atoms with Gasteiger partial charge >= 0.3 is 0 Å². The summed E-state index contributed by atoms with van der Waals surface area (Å²) < 4.78 is 18.1. The Hall–Kier alpha value is -0.420. The normalized spacial score (nSPS) is 10.7. The second-order valence-corrected chi connectivity index (χ2v) is 4.28. The Morgan fingerprint density at radius 2 is 2.20 bits per heavy atom. The zero-order chi connectivity index (χ0) is 7.72. The Labute approximate surface area is 65.1 Å². The van der Waals surface area contributed by atoms with Gasteiger partial charge in [0.2, 0.25) is 0 Å². The van der Waals surface area contributed by atoms with Crippen LogP contribution in [-0.2, 0) is 14.8 Å². The van der Waals surface area contributed by atoms with Crippen molar-refractivity contribution in [3.63, 3.8) is 0 Å². The largest absolute Gasteiger partial charge is 0.439 e. The summed E-state index contributed by atoms with van der Waals surface area (Å²) in [7, 11) is -1.61. The van der Waals surface area contributed by atoms with E-state index in [1.807, 2.05) is 6.92 Å². The van der Waals surface area contributed by atoms with Crippen LogP contribution in [0.5, 0.6) is 0 Å². The molecule has 0 unspecified atom stereocenters. The molecule has 0 aromatic carbocycles. The highest BCUT2D eigenvalue weighted by Gasteiger charge is 1.95. The third-order valence-electron chi connectivity index (χ3n) is 1.03. The van der Waals surface area contributed by atoms with Gasteiger partial charge in [-0.3, -0.25) is 0 Å². The molecule has 1 N–H and O–H groups in total. The van der Waals surface area contributed by atoms with Crippen molar-refractivity contribution in [2.24, 2.45) is 0 Å². The van der Waals surface area contributed by atoms with Crippen LogP contribution in [0, 0.1) is 18.6 Å². The lowest BCUT2D eigenvalue weighted by Crippen LogP contribution is -1.76. The van der Waals surface area contributed by atoms with E-state index >= 15 is 0 Å². The van der Waals surface area contributed by atoms with Gasteiger partial charge in [-0.2, -0.15) is 10.6 Å². The maximum atomic E-state index is 10.6. The summed E-state index contributed by atoms with van der Waals surface area (Å²) in [5.41, 5.74) is 0.718. The van der Waals surface area contributed by atoms with Crippen LogP contribution < -0.4 is 0 Å². The van der Waals surface area contributed by atoms with Crippen LogP contribution in [-0.4, -0.2) is 4.98 Å². The maximum Gasteiger partial charge on any atom is 0.0882 e. The Morgan fingerprint density at radius 3 is 2.40 bits per heavy atom. The summed E-state index contributed by atoms with van der Waals surface area (Å²) in [6.07, 6.45) is 0. The zero-order valence-corrected chi connectivity index (χ0v) is 7.30. The molecule has 0 bridgehead atoms. The lowest BCUT2D eigenvalue weighted by molar-refractivity contribution is 0.599. The fourth-order valence-electron chi connectivity index (χ4n) is 0.685. The first-order valence-electron chi connectivity index (χ1n) is 2.68. The highest BCUT2D eigenvalue weighted by Crippen LogP contribution is 2.18. The number of hydrogen-bond donors (Lipinski definition) is 1. The second-order valence-electron chi connectivity index (χ2n) is 1.87. The van der Waals surface area contributed by atoms with Crippen LogP contribution >= 0.6 is 11.3 Å². The van der Waals surface area contributed by atoms with Crippen LogP contribution in [0.2, 0.25) is 0 Å². The molecule has 0 atom stereocenters. The SMILES string of the molecule is Cc1nc(C)c([S-](=N)=O)s1.